The number of hydrogen-bond donors (Lipinski definition) is 1. The summed E-state index contributed by atoms with van der Waals surface area (Å²) < 4.78 is 10.3. The Balaban J connectivity index is 2.92. The molecule has 0 spiro atoms. The number of hydrogen-bond acceptors (Lipinski definition) is 4. The molecule has 0 aliphatic carbocycles. The van der Waals surface area contributed by atoms with Crippen LogP contribution in [0.4, 0.5) is 5.69 Å². The van der Waals surface area contributed by atoms with E-state index in [0.29, 0.717) is 29.5 Å². The van der Waals surface area contributed by atoms with Crippen LogP contribution in [0.25, 0.3) is 0 Å². The van der Waals surface area contributed by atoms with Gasteiger partial charge in [0, 0.05) is 18.7 Å². The fourth-order valence-corrected chi connectivity index (χ4v) is 1.48. The fraction of sp³-hybridized carbons (Fsp3) is 0.364. The highest BCUT2D eigenvalue weighted by molar-refractivity contribution is 6.32. The molecule has 0 heterocycles. The van der Waals surface area contributed by atoms with Gasteiger partial charge in [0.05, 0.1) is 37.4 Å². The van der Waals surface area contributed by atoms with Crippen molar-refractivity contribution in [1.29, 1.82) is 5.26 Å². The largest absolute Gasteiger partial charge is 0.495 e. The lowest BCUT2D eigenvalue weighted by Gasteiger charge is -2.12. The minimum atomic E-state index is 0.425. The van der Waals surface area contributed by atoms with Crippen LogP contribution < -0.4 is 14.8 Å². The average molecular weight is 241 g/mol. The van der Waals surface area contributed by atoms with Crippen molar-refractivity contribution in [2.75, 3.05) is 26.1 Å². The number of benzene rings is 1. The topological polar surface area (TPSA) is 54.3 Å². The molecule has 16 heavy (non-hydrogen) atoms. The second-order valence-corrected chi connectivity index (χ2v) is 3.43. The van der Waals surface area contributed by atoms with Crippen LogP contribution in [0.15, 0.2) is 12.1 Å². The van der Waals surface area contributed by atoms with Crippen molar-refractivity contribution in [2.45, 2.75) is 6.42 Å². The number of rotatable bonds is 5. The molecule has 0 aliphatic rings. The molecule has 0 amide bonds. The van der Waals surface area contributed by atoms with Crippen LogP contribution in [0.2, 0.25) is 5.02 Å². The molecule has 1 rings (SSSR count). The van der Waals surface area contributed by atoms with Gasteiger partial charge in [-0.3, -0.25) is 0 Å². The maximum Gasteiger partial charge on any atom is 0.143 e. The van der Waals surface area contributed by atoms with Gasteiger partial charge >= 0.3 is 0 Å². The minimum Gasteiger partial charge on any atom is -0.495 e. The zero-order chi connectivity index (χ0) is 12.0. The van der Waals surface area contributed by atoms with E-state index in [1.54, 1.807) is 26.4 Å². The maximum atomic E-state index is 8.45. The average Bonchev–Trinajstić information content (AvgIpc) is 2.30. The van der Waals surface area contributed by atoms with Gasteiger partial charge in [-0.2, -0.15) is 5.26 Å². The summed E-state index contributed by atoms with van der Waals surface area (Å²) in [6.45, 7) is 0.553. The summed E-state index contributed by atoms with van der Waals surface area (Å²) in [5, 5.41) is 12.0. The molecule has 0 radical (unpaired) electrons. The second kappa shape index (κ2) is 6.09. The summed E-state index contributed by atoms with van der Waals surface area (Å²) in [7, 11) is 3.11. The predicted octanol–water partition coefficient (Wildman–Crippen LogP) is 2.68. The zero-order valence-corrected chi connectivity index (χ0v) is 9.97. The Morgan fingerprint density at radius 3 is 2.56 bits per heavy atom. The van der Waals surface area contributed by atoms with E-state index in [2.05, 4.69) is 11.4 Å². The van der Waals surface area contributed by atoms with Gasteiger partial charge in [-0.15, -0.1) is 0 Å². The van der Waals surface area contributed by atoms with Crippen LogP contribution in [-0.2, 0) is 0 Å². The summed E-state index contributed by atoms with van der Waals surface area (Å²) in [5.41, 5.74) is 0.763. The normalized spacial score (nSPS) is 9.38. The first-order valence-corrected chi connectivity index (χ1v) is 5.13. The standard InChI is InChI=1S/C11H13ClN2O2/c1-15-10-7-9(14-5-3-4-13)11(16-2)6-8(10)12/h6-7,14H,3,5H2,1-2H3. The summed E-state index contributed by atoms with van der Waals surface area (Å²) in [4.78, 5) is 0. The van der Waals surface area contributed by atoms with Crippen molar-refractivity contribution < 1.29 is 9.47 Å². The highest BCUT2D eigenvalue weighted by Crippen LogP contribution is 2.35. The van der Waals surface area contributed by atoms with Gasteiger partial charge in [0.25, 0.3) is 0 Å². The molecule has 1 N–H and O–H groups in total. The first-order valence-electron chi connectivity index (χ1n) is 4.75. The minimum absolute atomic E-state index is 0.425. The van der Waals surface area contributed by atoms with Gasteiger partial charge in [0.2, 0.25) is 0 Å². The highest BCUT2D eigenvalue weighted by atomic mass is 35.5. The van der Waals surface area contributed by atoms with E-state index >= 15 is 0 Å². The molecule has 0 fully saturated rings. The maximum absolute atomic E-state index is 8.45. The van der Waals surface area contributed by atoms with Gasteiger partial charge in [0.15, 0.2) is 0 Å². The van der Waals surface area contributed by atoms with E-state index in [-0.39, 0.29) is 0 Å². The van der Waals surface area contributed by atoms with E-state index in [4.69, 9.17) is 26.3 Å². The smallest absolute Gasteiger partial charge is 0.143 e. The summed E-state index contributed by atoms with van der Waals surface area (Å²) in [6.07, 6.45) is 0.425. The van der Waals surface area contributed by atoms with Crippen molar-refractivity contribution in [3.8, 4) is 17.6 Å². The van der Waals surface area contributed by atoms with Gasteiger partial charge < -0.3 is 14.8 Å². The molecule has 0 atom stereocenters. The number of nitrogens with zero attached hydrogens (tertiary/aromatic N) is 1. The van der Waals surface area contributed by atoms with E-state index in [1.807, 2.05) is 0 Å². The van der Waals surface area contributed by atoms with Crippen molar-refractivity contribution in [3.63, 3.8) is 0 Å². The molecular weight excluding hydrogens is 228 g/mol. The van der Waals surface area contributed by atoms with Crippen LogP contribution in [0, 0.1) is 11.3 Å². The lowest BCUT2D eigenvalue weighted by atomic mass is 10.2. The summed E-state index contributed by atoms with van der Waals surface area (Å²) in [5.74, 6) is 1.20. The molecular formula is C11H13ClN2O2. The Kier molecular flexibility index (Phi) is 4.74. The predicted molar refractivity (Wildman–Crippen MR) is 63.3 cm³/mol. The van der Waals surface area contributed by atoms with Gasteiger partial charge in [0.1, 0.15) is 11.5 Å². The Morgan fingerprint density at radius 2 is 2.00 bits per heavy atom. The third-order valence-corrected chi connectivity index (χ3v) is 2.32. The van der Waals surface area contributed by atoms with Gasteiger partial charge in [-0.05, 0) is 0 Å². The SMILES string of the molecule is COc1cc(NCCC#N)c(OC)cc1Cl. The van der Waals surface area contributed by atoms with Crippen molar-refractivity contribution >= 4 is 17.3 Å². The summed E-state index contributed by atoms with van der Waals surface area (Å²) >= 11 is 5.96. The number of methoxy groups -OCH3 is 2. The molecule has 0 saturated heterocycles. The van der Waals surface area contributed by atoms with Crippen LogP contribution in [0.3, 0.4) is 0 Å². The van der Waals surface area contributed by atoms with Crippen LogP contribution in [0.5, 0.6) is 11.5 Å². The lowest BCUT2D eigenvalue weighted by molar-refractivity contribution is 0.404. The van der Waals surface area contributed by atoms with E-state index in [1.165, 1.54) is 0 Å². The Hall–Kier alpha value is -1.60. The molecule has 1 aromatic rings. The van der Waals surface area contributed by atoms with Crippen LogP contribution in [0.1, 0.15) is 6.42 Å². The van der Waals surface area contributed by atoms with Gasteiger partial charge in [-0.25, -0.2) is 0 Å². The third kappa shape index (κ3) is 2.94. The van der Waals surface area contributed by atoms with Crippen molar-refractivity contribution in [1.82, 2.24) is 0 Å². The molecule has 5 heteroatoms. The number of nitrogens with one attached hydrogen (secondary N) is 1. The summed E-state index contributed by atoms with van der Waals surface area (Å²) in [6, 6.07) is 5.48. The highest BCUT2D eigenvalue weighted by Gasteiger charge is 2.09. The fourth-order valence-electron chi connectivity index (χ4n) is 1.25. The number of halogens is 1. The number of ether oxygens (including phenoxy) is 2. The second-order valence-electron chi connectivity index (χ2n) is 3.02. The lowest BCUT2D eigenvalue weighted by Crippen LogP contribution is -2.03. The third-order valence-electron chi connectivity index (χ3n) is 2.03. The molecule has 0 aliphatic heterocycles. The van der Waals surface area contributed by atoms with E-state index in [0.717, 1.165) is 5.69 Å². The molecule has 1 aromatic carbocycles. The Morgan fingerprint density at radius 1 is 1.31 bits per heavy atom. The van der Waals surface area contributed by atoms with E-state index < -0.39 is 0 Å². The van der Waals surface area contributed by atoms with E-state index in [9.17, 15) is 0 Å². The first kappa shape index (κ1) is 12.5. The molecule has 86 valence electrons. The monoisotopic (exact) mass is 240 g/mol. The molecule has 0 saturated carbocycles. The molecule has 4 nitrogen and oxygen atoms in total. The zero-order valence-electron chi connectivity index (χ0n) is 9.21. The Bertz CT molecular complexity index is 402. The van der Waals surface area contributed by atoms with Gasteiger partial charge in [-0.1, -0.05) is 11.6 Å². The molecule has 0 bridgehead atoms. The quantitative estimate of drug-likeness (QED) is 0.804. The van der Waals surface area contributed by atoms with Crippen molar-refractivity contribution in [2.24, 2.45) is 0 Å². The first-order chi connectivity index (χ1) is 7.72. The number of anilines is 1. The molecule has 0 aromatic heterocycles. The Labute approximate surface area is 99.7 Å². The number of nitriles is 1. The van der Waals surface area contributed by atoms with Crippen molar-refractivity contribution in [3.05, 3.63) is 17.2 Å². The molecule has 0 unspecified atom stereocenters. The van der Waals surface area contributed by atoms with Crippen LogP contribution in [-0.4, -0.2) is 20.8 Å². The van der Waals surface area contributed by atoms with Crippen LogP contribution >= 0.6 is 11.6 Å².